The van der Waals surface area contributed by atoms with Crippen LogP contribution in [0, 0.1) is 11.3 Å². The molecule has 0 saturated heterocycles. The first-order valence-corrected chi connectivity index (χ1v) is 8.89. The summed E-state index contributed by atoms with van der Waals surface area (Å²) in [4.78, 5) is 0. The molecule has 0 saturated carbocycles. The molecule has 1 aromatic rings. The Bertz CT molecular complexity index is 650. The van der Waals surface area contributed by atoms with Gasteiger partial charge >= 0.3 is 0 Å². The molecule has 2 bridgehead atoms. The largest absolute Gasteiger partial charge is 0.376 e. The predicted molar refractivity (Wildman–Crippen MR) is 91.1 cm³/mol. The number of allylic oxidation sites excluding steroid dienone is 2. The first-order chi connectivity index (χ1) is 10.5. The lowest BCUT2D eigenvalue weighted by atomic mass is 9.59. The van der Waals surface area contributed by atoms with Gasteiger partial charge in [-0.05, 0) is 79.0 Å². The molecule has 2 atom stereocenters. The molecule has 118 valence electrons. The van der Waals surface area contributed by atoms with Crippen molar-refractivity contribution >= 4 is 0 Å². The maximum Gasteiger partial charge on any atom is 0.0863 e. The molecular weight excluding hydrogens is 268 g/mol. The second kappa shape index (κ2) is 4.96. The van der Waals surface area contributed by atoms with Crippen molar-refractivity contribution in [1.29, 1.82) is 0 Å². The SMILES string of the molecule is COC1c2c(ccc3c2CC3)CCC2=C(C)CCC1C2(C)C. The Morgan fingerprint density at radius 1 is 1.00 bits per heavy atom. The molecule has 4 rings (SSSR count). The molecule has 1 aromatic carbocycles. The van der Waals surface area contributed by atoms with Gasteiger partial charge in [-0.3, -0.25) is 0 Å². The topological polar surface area (TPSA) is 9.23 Å². The van der Waals surface area contributed by atoms with Gasteiger partial charge in [-0.15, -0.1) is 0 Å². The van der Waals surface area contributed by atoms with Gasteiger partial charge in [0.1, 0.15) is 0 Å². The van der Waals surface area contributed by atoms with Crippen LogP contribution in [0.15, 0.2) is 23.3 Å². The zero-order valence-corrected chi connectivity index (χ0v) is 14.5. The van der Waals surface area contributed by atoms with Crippen molar-refractivity contribution < 1.29 is 4.74 Å². The minimum atomic E-state index is 0.271. The minimum Gasteiger partial charge on any atom is -0.376 e. The zero-order chi connectivity index (χ0) is 15.5. The first-order valence-electron chi connectivity index (χ1n) is 8.89. The Balaban J connectivity index is 1.91. The van der Waals surface area contributed by atoms with Gasteiger partial charge in [-0.2, -0.15) is 0 Å². The van der Waals surface area contributed by atoms with Gasteiger partial charge in [0, 0.05) is 7.11 Å². The number of ether oxygens (including phenoxy) is 1. The maximum absolute atomic E-state index is 6.16. The number of rotatable bonds is 1. The molecule has 22 heavy (non-hydrogen) atoms. The van der Waals surface area contributed by atoms with Gasteiger partial charge in [0.2, 0.25) is 0 Å². The van der Waals surface area contributed by atoms with Crippen molar-refractivity contribution in [3.8, 4) is 0 Å². The molecule has 2 unspecified atom stereocenters. The van der Waals surface area contributed by atoms with Crippen LogP contribution in [0.4, 0.5) is 0 Å². The van der Waals surface area contributed by atoms with E-state index in [1.54, 1.807) is 33.4 Å². The van der Waals surface area contributed by atoms with Gasteiger partial charge in [-0.25, -0.2) is 0 Å². The molecule has 3 aliphatic carbocycles. The smallest absolute Gasteiger partial charge is 0.0863 e. The summed E-state index contributed by atoms with van der Waals surface area (Å²) in [6.07, 6.45) is 7.74. The van der Waals surface area contributed by atoms with E-state index in [-0.39, 0.29) is 11.5 Å². The van der Waals surface area contributed by atoms with Crippen molar-refractivity contribution in [2.24, 2.45) is 11.3 Å². The normalized spacial score (nSPS) is 29.1. The number of hydrogen-bond donors (Lipinski definition) is 0. The third-order valence-corrected chi connectivity index (χ3v) is 6.79. The summed E-state index contributed by atoms with van der Waals surface area (Å²) in [6.45, 7) is 7.28. The summed E-state index contributed by atoms with van der Waals surface area (Å²) in [7, 11) is 1.93. The van der Waals surface area contributed by atoms with Crippen LogP contribution in [0.1, 0.15) is 68.4 Å². The van der Waals surface area contributed by atoms with Crippen LogP contribution in [-0.4, -0.2) is 7.11 Å². The highest BCUT2D eigenvalue weighted by atomic mass is 16.5. The van der Waals surface area contributed by atoms with E-state index in [1.165, 1.54) is 38.5 Å². The third-order valence-electron chi connectivity index (χ3n) is 6.79. The zero-order valence-electron chi connectivity index (χ0n) is 14.5. The second-order valence-electron chi connectivity index (χ2n) is 8.06. The van der Waals surface area contributed by atoms with Gasteiger partial charge in [-0.1, -0.05) is 37.1 Å². The van der Waals surface area contributed by atoms with Gasteiger partial charge < -0.3 is 4.74 Å². The minimum absolute atomic E-state index is 0.271. The lowest BCUT2D eigenvalue weighted by Gasteiger charge is -2.48. The summed E-state index contributed by atoms with van der Waals surface area (Å²) in [6, 6.07) is 4.76. The molecule has 0 amide bonds. The van der Waals surface area contributed by atoms with E-state index >= 15 is 0 Å². The Morgan fingerprint density at radius 3 is 2.41 bits per heavy atom. The highest BCUT2D eigenvalue weighted by Gasteiger charge is 2.45. The molecule has 3 aliphatic rings. The molecule has 1 heteroatoms. The molecule has 0 aromatic heterocycles. The van der Waals surface area contributed by atoms with E-state index in [0.717, 1.165) is 0 Å². The van der Waals surface area contributed by atoms with Crippen LogP contribution in [-0.2, 0) is 24.0 Å². The van der Waals surface area contributed by atoms with Crippen LogP contribution in [0.2, 0.25) is 0 Å². The standard InChI is InChI=1S/C21H28O/c1-13-5-11-18-20(22-4)19-15(7-6-14-8-10-16(14)19)9-12-17(13)21(18,2)3/h6-7,18,20H,5,8-12H2,1-4H3. The van der Waals surface area contributed by atoms with Crippen LogP contribution in [0.3, 0.4) is 0 Å². The van der Waals surface area contributed by atoms with Crippen molar-refractivity contribution in [2.45, 2.75) is 65.4 Å². The summed E-state index contributed by atoms with van der Waals surface area (Å²) in [5.41, 5.74) is 9.94. The van der Waals surface area contributed by atoms with E-state index in [1.807, 2.05) is 7.11 Å². The Hall–Kier alpha value is -1.08. The predicted octanol–water partition coefficient (Wildman–Crippen LogP) is 5.17. The molecule has 0 spiro atoms. The van der Waals surface area contributed by atoms with Crippen LogP contribution in [0.5, 0.6) is 0 Å². The van der Waals surface area contributed by atoms with Crippen LogP contribution < -0.4 is 0 Å². The summed E-state index contributed by atoms with van der Waals surface area (Å²) in [5.74, 6) is 0.613. The van der Waals surface area contributed by atoms with E-state index in [4.69, 9.17) is 4.74 Å². The van der Waals surface area contributed by atoms with Gasteiger partial charge in [0.05, 0.1) is 6.10 Å². The molecule has 0 aliphatic heterocycles. The Morgan fingerprint density at radius 2 is 1.73 bits per heavy atom. The molecule has 0 heterocycles. The van der Waals surface area contributed by atoms with E-state index in [9.17, 15) is 0 Å². The Labute approximate surface area is 134 Å². The average Bonchev–Trinajstić information content (AvgIpc) is 2.43. The highest BCUT2D eigenvalue weighted by molar-refractivity contribution is 5.49. The summed E-state index contributed by atoms with van der Waals surface area (Å²) < 4.78 is 6.16. The van der Waals surface area contributed by atoms with Crippen LogP contribution in [0.25, 0.3) is 0 Å². The monoisotopic (exact) mass is 296 g/mol. The lowest BCUT2D eigenvalue weighted by Crippen LogP contribution is -2.38. The fraction of sp³-hybridized carbons (Fsp3) is 0.619. The highest BCUT2D eigenvalue weighted by Crippen LogP contribution is 2.55. The number of hydrogen-bond acceptors (Lipinski definition) is 1. The molecular formula is C21H28O. The number of aryl methyl sites for hydroxylation is 2. The molecule has 0 fully saturated rings. The quantitative estimate of drug-likeness (QED) is 0.649. The lowest BCUT2D eigenvalue weighted by molar-refractivity contribution is -0.00401. The van der Waals surface area contributed by atoms with Crippen molar-refractivity contribution in [1.82, 2.24) is 0 Å². The fourth-order valence-electron chi connectivity index (χ4n) is 5.41. The second-order valence-corrected chi connectivity index (χ2v) is 8.06. The Kier molecular flexibility index (Phi) is 3.27. The number of methoxy groups -OCH3 is 1. The summed E-state index contributed by atoms with van der Waals surface area (Å²) in [5, 5.41) is 0. The fourth-order valence-corrected chi connectivity index (χ4v) is 5.41. The third kappa shape index (κ3) is 1.88. The van der Waals surface area contributed by atoms with E-state index in [0.29, 0.717) is 5.92 Å². The van der Waals surface area contributed by atoms with Crippen molar-refractivity contribution in [3.63, 3.8) is 0 Å². The van der Waals surface area contributed by atoms with E-state index in [2.05, 4.69) is 32.9 Å². The van der Waals surface area contributed by atoms with Gasteiger partial charge in [0.25, 0.3) is 0 Å². The summed E-state index contributed by atoms with van der Waals surface area (Å²) >= 11 is 0. The maximum atomic E-state index is 6.16. The number of fused-ring (bicyclic) bond motifs is 5. The van der Waals surface area contributed by atoms with E-state index < -0.39 is 0 Å². The molecule has 0 N–H and O–H groups in total. The first kappa shape index (κ1) is 14.5. The average molecular weight is 296 g/mol. The molecule has 0 radical (unpaired) electrons. The van der Waals surface area contributed by atoms with Crippen LogP contribution >= 0.6 is 0 Å². The van der Waals surface area contributed by atoms with Crippen molar-refractivity contribution in [2.75, 3.05) is 7.11 Å². The van der Waals surface area contributed by atoms with Crippen molar-refractivity contribution in [3.05, 3.63) is 45.5 Å². The molecule has 1 nitrogen and oxygen atoms in total. The van der Waals surface area contributed by atoms with Gasteiger partial charge in [0.15, 0.2) is 0 Å². The number of benzene rings is 1.